The molecule has 13 heteroatoms. The largest absolute Gasteiger partial charge is 0.387 e. The molecule has 1 aliphatic heterocycles. The van der Waals surface area contributed by atoms with Gasteiger partial charge in [0, 0.05) is 12.1 Å². The number of fused-ring (bicyclic) bond motifs is 1. The summed E-state index contributed by atoms with van der Waals surface area (Å²) in [7, 11) is 0. The molecule has 0 bridgehead atoms. The Hall–Kier alpha value is -3.32. The number of aromatic nitrogens is 4. The number of hydrazine groups is 1. The molecule has 0 unspecified atom stereocenters. The van der Waals surface area contributed by atoms with Gasteiger partial charge in [-0.2, -0.15) is 9.97 Å². The molecular formula is C19H20ClN7O5. The molecule has 1 aromatic carbocycles. The minimum atomic E-state index is -1.45. The molecule has 2 amide bonds. The lowest BCUT2D eigenvalue weighted by atomic mass is 10.1. The van der Waals surface area contributed by atoms with E-state index in [-0.39, 0.29) is 22.3 Å². The monoisotopic (exact) mass is 461 g/mol. The molecule has 12 nitrogen and oxygen atoms in total. The molecule has 2 aromatic heterocycles. The molecule has 4 rings (SSSR count). The topological polar surface area (TPSA) is 164 Å². The number of nitrogens with one attached hydrogen (secondary N) is 3. The molecule has 32 heavy (non-hydrogen) atoms. The first-order valence-corrected chi connectivity index (χ1v) is 10.1. The summed E-state index contributed by atoms with van der Waals surface area (Å²) in [5.74, 6) is -0.851. The van der Waals surface area contributed by atoms with Crippen LogP contribution in [0.3, 0.4) is 0 Å². The van der Waals surface area contributed by atoms with E-state index in [2.05, 4.69) is 31.1 Å². The van der Waals surface area contributed by atoms with Crippen LogP contribution in [0.1, 0.15) is 23.5 Å². The number of nitrogens with zero attached hydrogens (tertiary/aromatic N) is 4. The van der Waals surface area contributed by atoms with Gasteiger partial charge in [0.2, 0.25) is 5.28 Å². The smallest absolute Gasteiger partial charge is 0.269 e. The van der Waals surface area contributed by atoms with E-state index in [1.54, 1.807) is 37.3 Å². The lowest BCUT2D eigenvalue weighted by molar-refractivity contribution is -0.137. The van der Waals surface area contributed by atoms with Crippen LogP contribution in [0.2, 0.25) is 5.28 Å². The highest BCUT2D eigenvalue weighted by molar-refractivity contribution is 6.28. The number of hydrogen-bond acceptors (Lipinski definition) is 9. The third-order valence-corrected chi connectivity index (χ3v) is 5.02. The number of likely N-dealkylation sites (N-methyl/N-ethyl adjacent to an activating group) is 1. The van der Waals surface area contributed by atoms with Crippen molar-refractivity contribution in [3.8, 4) is 0 Å². The molecule has 0 saturated carbocycles. The average Bonchev–Trinajstić information content (AvgIpc) is 3.33. The SMILES string of the molecule is CCNC(=O)[C@@H]1O[C@H](n2cnc3c(NNC(=O)c4ccccc4)nc(Cl)nc32)[C@@H](O)[C@H]1O. The van der Waals surface area contributed by atoms with Gasteiger partial charge in [0.1, 0.15) is 12.2 Å². The third-order valence-electron chi connectivity index (χ3n) is 4.85. The highest BCUT2D eigenvalue weighted by atomic mass is 35.5. The van der Waals surface area contributed by atoms with Crippen LogP contribution in [-0.4, -0.2) is 66.4 Å². The fraction of sp³-hybridized carbons (Fsp3) is 0.316. The van der Waals surface area contributed by atoms with Crippen LogP contribution in [0.15, 0.2) is 36.7 Å². The first-order chi connectivity index (χ1) is 15.4. The van der Waals surface area contributed by atoms with Crippen molar-refractivity contribution < 1.29 is 24.5 Å². The van der Waals surface area contributed by atoms with Crippen molar-refractivity contribution in [1.82, 2.24) is 30.3 Å². The van der Waals surface area contributed by atoms with E-state index in [9.17, 15) is 19.8 Å². The van der Waals surface area contributed by atoms with E-state index >= 15 is 0 Å². The van der Waals surface area contributed by atoms with Gasteiger partial charge < -0.3 is 20.3 Å². The second-order valence-electron chi connectivity index (χ2n) is 6.93. The van der Waals surface area contributed by atoms with Crippen molar-refractivity contribution in [2.75, 3.05) is 12.0 Å². The van der Waals surface area contributed by atoms with Crippen LogP contribution in [0.25, 0.3) is 11.2 Å². The van der Waals surface area contributed by atoms with Crippen LogP contribution < -0.4 is 16.2 Å². The summed E-state index contributed by atoms with van der Waals surface area (Å²) < 4.78 is 6.94. The molecule has 3 heterocycles. The number of amides is 2. The molecule has 168 valence electrons. The number of carbonyl (C=O) groups excluding carboxylic acids is 2. The van der Waals surface area contributed by atoms with E-state index in [4.69, 9.17) is 16.3 Å². The van der Waals surface area contributed by atoms with Crippen molar-refractivity contribution in [2.45, 2.75) is 31.5 Å². The highest BCUT2D eigenvalue weighted by Gasteiger charge is 2.47. The van der Waals surface area contributed by atoms with E-state index in [0.29, 0.717) is 12.1 Å². The summed E-state index contributed by atoms with van der Waals surface area (Å²) in [6, 6.07) is 8.53. The van der Waals surface area contributed by atoms with Gasteiger partial charge in [-0.3, -0.25) is 25.0 Å². The van der Waals surface area contributed by atoms with Crippen LogP contribution in [0, 0.1) is 0 Å². The molecular weight excluding hydrogens is 442 g/mol. The number of ether oxygens (including phenoxy) is 1. The second kappa shape index (κ2) is 9.04. The van der Waals surface area contributed by atoms with Crippen LogP contribution in [-0.2, 0) is 9.53 Å². The Kier molecular flexibility index (Phi) is 6.19. The van der Waals surface area contributed by atoms with Gasteiger partial charge in [0.15, 0.2) is 29.3 Å². The van der Waals surface area contributed by atoms with E-state index in [1.165, 1.54) is 10.9 Å². The number of aliphatic hydroxyl groups excluding tert-OH is 2. The Bertz CT molecular complexity index is 1140. The fourth-order valence-electron chi connectivity index (χ4n) is 3.32. The predicted molar refractivity (Wildman–Crippen MR) is 112 cm³/mol. The average molecular weight is 462 g/mol. The Balaban J connectivity index is 1.59. The first kappa shape index (κ1) is 21.9. The van der Waals surface area contributed by atoms with Crippen molar-refractivity contribution >= 4 is 40.4 Å². The zero-order chi connectivity index (χ0) is 22.8. The quantitative estimate of drug-likeness (QED) is 0.251. The van der Waals surface area contributed by atoms with Crippen molar-refractivity contribution in [3.63, 3.8) is 0 Å². The van der Waals surface area contributed by atoms with Gasteiger partial charge in [-0.1, -0.05) is 18.2 Å². The predicted octanol–water partition coefficient (Wildman–Crippen LogP) is -0.00810. The van der Waals surface area contributed by atoms with Gasteiger partial charge in [0.05, 0.1) is 6.33 Å². The lowest BCUT2D eigenvalue weighted by Gasteiger charge is -2.16. The minimum Gasteiger partial charge on any atom is -0.387 e. The minimum absolute atomic E-state index is 0.108. The number of halogens is 1. The van der Waals surface area contributed by atoms with Crippen molar-refractivity contribution in [2.24, 2.45) is 0 Å². The molecule has 0 aliphatic carbocycles. The number of imidazole rings is 1. The fourth-order valence-corrected chi connectivity index (χ4v) is 3.49. The number of aliphatic hydroxyl groups is 2. The first-order valence-electron chi connectivity index (χ1n) is 9.71. The Morgan fingerprint density at radius 1 is 1.19 bits per heavy atom. The number of carbonyl (C=O) groups is 2. The molecule has 1 saturated heterocycles. The summed E-state index contributed by atoms with van der Waals surface area (Å²) in [6.45, 7) is 2.06. The summed E-state index contributed by atoms with van der Waals surface area (Å²) in [4.78, 5) is 36.8. The number of rotatable bonds is 6. The zero-order valence-electron chi connectivity index (χ0n) is 16.8. The maximum absolute atomic E-state index is 12.3. The van der Waals surface area contributed by atoms with Crippen LogP contribution in [0.5, 0.6) is 0 Å². The maximum Gasteiger partial charge on any atom is 0.269 e. The Morgan fingerprint density at radius 2 is 1.94 bits per heavy atom. The van der Waals surface area contributed by atoms with Crippen LogP contribution >= 0.6 is 11.6 Å². The van der Waals surface area contributed by atoms with E-state index in [0.717, 1.165) is 0 Å². The summed E-state index contributed by atoms with van der Waals surface area (Å²) >= 11 is 6.04. The van der Waals surface area contributed by atoms with E-state index < -0.39 is 36.4 Å². The van der Waals surface area contributed by atoms with Gasteiger partial charge in [-0.15, -0.1) is 0 Å². The number of anilines is 1. The molecule has 0 radical (unpaired) electrons. The Morgan fingerprint density at radius 3 is 2.66 bits per heavy atom. The second-order valence-corrected chi connectivity index (χ2v) is 7.27. The molecule has 5 N–H and O–H groups in total. The highest BCUT2D eigenvalue weighted by Crippen LogP contribution is 2.33. The standard InChI is InChI=1S/C19H20ClN7O5/c1-2-21-17(31)13-11(28)12(29)18(32-13)27-8-22-10-14(23-19(20)24-15(10)27)25-26-16(30)9-6-4-3-5-7-9/h3-8,11-13,18,28-29H,2H2,1H3,(H,21,31)(H,26,30)(H,23,24,25)/t11-,12+,13-,18+/m1/s1. The number of hydrogen-bond donors (Lipinski definition) is 5. The van der Waals surface area contributed by atoms with Gasteiger partial charge in [-0.25, -0.2) is 4.98 Å². The summed E-state index contributed by atoms with van der Waals surface area (Å²) in [6.07, 6.45) is -4.00. The van der Waals surface area contributed by atoms with Crippen molar-refractivity contribution in [3.05, 3.63) is 47.5 Å². The maximum atomic E-state index is 12.3. The van der Waals surface area contributed by atoms with E-state index in [1.807, 2.05) is 0 Å². The molecule has 1 aliphatic rings. The molecule has 1 fully saturated rings. The van der Waals surface area contributed by atoms with Gasteiger partial charge >= 0.3 is 0 Å². The number of benzene rings is 1. The normalized spacial score (nSPS) is 22.6. The van der Waals surface area contributed by atoms with Gasteiger partial charge in [-0.05, 0) is 30.7 Å². The van der Waals surface area contributed by atoms with Crippen molar-refractivity contribution in [1.29, 1.82) is 0 Å². The van der Waals surface area contributed by atoms with Gasteiger partial charge in [0.25, 0.3) is 11.8 Å². The summed E-state index contributed by atoms with van der Waals surface area (Å²) in [5, 5.41) is 23.1. The molecule has 3 aromatic rings. The summed E-state index contributed by atoms with van der Waals surface area (Å²) in [5.41, 5.74) is 5.98. The third kappa shape index (κ3) is 4.08. The molecule has 4 atom stereocenters. The lowest BCUT2D eigenvalue weighted by Crippen LogP contribution is -2.42. The molecule has 0 spiro atoms. The Labute approximate surface area is 186 Å². The zero-order valence-corrected chi connectivity index (χ0v) is 17.5. The van der Waals surface area contributed by atoms with Crippen LogP contribution in [0.4, 0.5) is 5.82 Å².